The Bertz CT molecular complexity index is 3020. The van der Waals surface area contributed by atoms with E-state index in [2.05, 4.69) is 25.2 Å². The number of likely N-dealkylation sites (tertiary alicyclic amines) is 1. The highest BCUT2D eigenvalue weighted by Gasteiger charge is 2.44. The average molecular weight is 1120 g/mol. The van der Waals surface area contributed by atoms with Gasteiger partial charge in [0.05, 0.1) is 50.7 Å². The number of alkyl halides is 3. The van der Waals surface area contributed by atoms with E-state index in [4.69, 9.17) is 4.74 Å². The van der Waals surface area contributed by atoms with Crippen LogP contribution in [0.5, 0.6) is 0 Å². The first-order chi connectivity index (χ1) is 37.4. The molecule has 22 heteroatoms. The number of β-amino-alcohol motifs (C(OH)–C–C–N with tert-alkyl or cyclic N) is 1. The van der Waals surface area contributed by atoms with Crippen LogP contribution < -0.4 is 15.1 Å². The number of benzene rings is 3. The van der Waals surface area contributed by atoms with Gasteiger partial charge in [-0.05, 0) is 81.1 Å². The van der Waals surface area contributed by atoms with Gasteiger partial charge in [-0.25, -0.2) is 23.7 Å². The topological polar surface area (TPSA) is 182 Å². The quantitative estimate of drug-likeness (QED) is 0.0854. The predicted octanol–water partition coefficient (Wildman–Crippen LogP) is 8.10. The maximum Gasteiger partial charge on any atom is 0.417 e. The number of hydrogen-bond donors (Lipinski definition) is 2. The molecule has 0 saturated carbocycles. The first kappa shape index (κ1) is 58.4. The predicted molar refractivity (Wildman–Crippen MR) is 290 cm³/mol. The number of aliphatic hydroxyl groups excluding tert-OH is 1. The highest BCUT2D eigenvalue weighted by atomic mass is 32.1. The molecule has 0 spiro atoms. The summed E-state index contributed by atoms with van der Waals surface area (Å²) in [5.74, 6) is -4.89. The Kier molecular flexibility index (Phi) is 18.0. The molecule has 3 saturated heterocycles. The second kappa shape index (κ2) is 24.3. The number of Topliss-reactive ketones (excluding diaryl/α,β-unsaturated/α-hetero) is 2. The highest BCUT2D eigenvalue weighted by molar-refractivity contribution is 7.13. The van der Waals surface area contributed by atoms with Crippen molar-refractivity contribution < 1.29 is 55.8 Å². The van der Waals surface area contributed by atoms with E-state index in [-0.39, 0.29) is 104 Å². The lowest BCUT2D eigenvalue weighted by atomic mass is 9.76. The Morgan fingerprint density at radius 2 is 1.52 bits per heavy atom. The number of thiazole rings is 1. The summed E-state index contributed by atoms with van der Waals surface area (Å²) < 4.78 is 77.7. The summed E-state index contributed by atoms with van der Waals surface area (Å²) in [5, 5.41) is 13.2. The van der Waals surface area contributed by atoms with E-state index in [0.717, 1.165) is 33.8 Å². The Balaban J connectivity index is 0.842. The van der Waals surface area contributed by atoms with Crippen LogP contribution in [0.4, 0.5) is 39.3 Å². The van der Waals surface area contributed by atoms with Crippen LogP contribution in [0, 0.1) is 29.9 Å². The van der Waals surface area contributed by atoms with Gasteiger partial charge in [0.25, 0.3) is 5.91 Å². The molecule has 8 rings (SSSR count). The van der Waals surface area contributed by atoms with Crippen molar-refractivity contribution in [2.24, 2.45) is 11.3 Å². The summed E-state index contributed by atoms with van der Waals surface area (Å²) in [5.41, 5.74) is 2.25. The Morgan fingerprint density at radius 1 is 0.848 bits per heavy atom. The molecule has 0 bridgehead atoms. The minimum atomic E-state index is -5.04. The van der Waals surface area contributed by atoms with E-state index < -0.39 is 76.6 Å². The van der Waals surface area contributed by atoms with E-state index >= 15 is 4.39 Å². The third kappa shape index (κ3) is 13.8. The summed E-state index contributed by atoms with van der Waals surface area (Å²) in [6.45, 7) is 12.6. The van der Waals surface area contributed by atoms with Gasteiger partial charge in [0.2, 0.25) is 17.8 Å². The minimum absolute atomic E-state index is 0.00514. The molecule has 79 heavy (non-hydrogen) atoms. The zero-order chi connectivity index (χ0) is 57.1. The molecule has 2 N–H and O–H groups in total. The summed E-state index contributed by atoms with van der Waals surface area (Å²) in [4.78, 5) is 91.2. The van der Waals surface area contributed by atoms with Crippen LogP contribution in [0.2, 0.25) is 0 Å². The number of amides is 3. The van der Waals surface area contributed by atoms with Crippen molar-refractivity contribution in [3.8, 4) is 21.6 Å². The smallest absolute Gasteiger partial charge is 0.391 e. The van der Waals surface area contributed by atoms with E-state index in [9.17, 15) is 46.6 Å². The highest BCUT2D eigenvalue weighted by Crippen LogP contribution is 2.39. The number of aliphatic hydroxyl groups is 1. The van der Waals surface area contributed by atoms with E-state index in [0.29, 0.717) is 32.6 Å². The SMILES string of the molecule is Cc1ncsc1-c1ccc(CCC(=O)[C@@H]2C[C@@H](O)CN2C(=O)[C@@H](CC(=O)COCC(=O)N2CCN(c3ncc(-c4cc(NC(=O)c5ccc(F)cc5C(F)(F)F)c(N5C[C@@H](C)N(C)[C@@H](C)C5)cc4F)cn3)CC2)C(C)(C)C)cc1. The molecule has 3 aliphatic heterocycles. The van der Waals surface area contributed by atoms with Gasteiger partial charge in [0, 0.05) is 107 Å². The van der Waals surface area contributed by atoms with Crippen molar-refractivity contribution in [2.45, 2.75) is 97.6 Å². The first-order valence-electron chi connectivity index (χ1n) is 26.3. The van der Waals surface area contributed by atoms with Crippen LogP contribution in [-0.4, -0.2) is 154 Å². The zero-order valence-electron chi connectivity index (χ0n) is 45.3. The van der Waals surface area contributed by atoms with E-state index in [1.807, 2.05) is 82.7 Å². The van der Waals surface area contributed by atoms with Crippen molar-refractivity contribution in [3.05, 3.63) is 107 Å². The van der Waals surface area contributed by atoms with Gasteiger partial charge in [-0.15, -0.1) is 11.3 Å². The number of ether oxygens (including phenoxy) is 1. The van der Waals surface area contributed by atoms with Gasteiger partial charge in [0.15, 0.2) is 11.6 Å². The number of aromatic nitrogens is 3. The molecule has 5 atom stereocenters. The van der Waals surface area contributed by atoms with E-state index in [1.165, 1.54) is 29.4 Å². The number of rotatable bonds is 17. The fraction of sp³-hybridized carbons (Fsp3) is 0.474. The van der Waals surface area contributed by atoms with Crippen LogP contribution in [0.3, 0.4) is 0 Å². The second-order valence-electron chi connectivity index (χ2n) is 21.9. The molecule has 0 aliphatic carbocycles. The van der Waals surface area contributed by atoms with Crippen molar-refractivity contribution in [1.82, 2.24) is 29.7 Å². The molecule has 16 nitrogen and oxygen atoms in total. The number of likely N-dealkylation sites (N-methyl/N-ethyl adjacent to an activating group) is 1. The molecule has 0 unspecified atom stereocenters. The van der Waals surface area contributed by atoms with Crippen LogP contribution in [0.25, 0.3) is 21.6 Å². The molecular formula is C57H66F5N9O7S. The van der Waals surface area contributed by atoms with Crippen LogP contribution in [0.1, 0.15) is 81.1 Å². The first-order valence-corrected chi connectivity index (χ1v) is 27.2. The number of piperazine rings is 2. The number of nitrogens with one attached hydrogen (secondary N) is 1. The summed E-state index contributed by atoms with van der Waals surface area (Å²) in [6.07, 6.45) is -2.60. The Morgan fingerprint density at radius 3 is 2.14 bits per heavy atom. The maximum absolute atomic E-state index is 16.2. The lowest BCUT2D eigenvalue weighted by Crippen LogP contribution is -2.55. The number of hydrogen-bond acceptors (Lipinski definition) is 14. The molecule has 0 radical (unpaired) electrons. The number of ketones is 2. The van der Waals surface area contributed by atoms with Crippen LogP contribution in [-0.2, 0) is 36.5 Å². The van der Waals surface area contributed by atoms with Crippen molar-refractivity contribution in [2.75, 3.05) is 81.2 Å². The number of aryl methyl sites for hydroxylation is 2. The Labute approximate surface area is 460 Å². The molecule has 3 aromatic carbocycles. The van der Waals surface area contributed by atoms with Gasteiger partial charge in [-0.1, -0.05) is 45.0 Å². The van der Waals surface area contributed by atoms with Crippen LogP contribution >= 0.6 is 11.3 Å². The molecule has 3 aliphatic rings. The molecule has 5 aromatic rings. The molecular weight excluding hydrogens is 1050 g/mol. The molecule has 2 aromatic heterocycles. The fourth-order valence-corrected chi connectivity index (χ4v) is 11.3. The lowest BCUT2D eigenvalue weighted by molar-refractivity contribution is -0.147. The summed E-state index contributed by atoms with van der Waals surface area (Å²) >= 11 is 1.56. The third-order valence-corrected chi connectivity index (χ3v) is 16.2. The Hall–Kier alpha value is -6.75. The van der Waals surface area contributed by atoms with Crippen molar-refractivity contribution >= 4 is 57.9 Å². The van der Waals surface area contributed by atoms with Gasteiger partial charge in [-0.2, -0.15) is 13.2 Å². The largest absolute Gasteiger partial charge is 0.417 e. The second-order valence-corrected chi connectivity index (χ2v) is 22.7. The molecule has 3 amide bonds. The minimum Gasteiger partial charge on any atom is -0.391 e. The van der Waals surface area contributed by atoms with Crippen LogP contribution in [0.15, 0.2) is 72.5 Å². The molecule has 3 fully saturated rings. The number of anilines is 3. The van der Waals surface area contributed by atoms with E-state index in [1.54, 1.807) is 21.7 Å². The van der Waals surface area contributed by atoms with Gasteiger partial charge in [0.1, 0.15) is 24.8 Å². The van der Waals surface area contributed by atoms with Crippen molar-refractivity contribution in [3.63, 3.8) is 0 Å². The maximum atomic E-state index is 16.2. The average Bonchev–Trinajstić information content (AvgIpc) is 4.05. The summed E-state index contributed by atoms with van der Waals surface area (Å²) in [6, 6.07) is 11.4. The molecule has 5 heterocycles. The number of carbonyl (C=O) groups is 5. The molecule has 422 valence electrons. The lowest BCUT2D eigenvalue weighted by Gasteiger charge is -2.44. The van der Waals surface area contributed by atoms with Gasteiger partial charge < -0.3 is 34.8 Å². The monoisotopic (exact) mass is 1120 g/mol. The standard InChI is InChI=1S/C57H66F5N9O7S/c1-33-27-70(28-34(2)67(33)7)48-24-46(59)43(23-47(48)66-53(76)42-14-13-39(58)20-44(42)57(60,61)62)38-25-63-55(64-26-38)69-18-16-68(17-19-69)51(75)31-78-30-41(73)21-45(56(4,5)6)54(77)71-29-40(72)22-49(71)50(74)15-10-36-8-11-37(12-9-36)52-35(3)65-32-79-52/h8-9,11-14,20,23-26,32-34,40,45,49,72H,10,15-19,21-22,27-31H2,1-7H3,(H,66,76)/t33-,34+,40-,45-,49+/m1/s1. The normalized spacial score (nSPS) is 19.7. The zero-order valence-corrected chi connectivity index (χ0v) is 46.1. The fourth-order valence-electron chi connectivity index (χ4n) is 10.5. The number of nitrogens with zero attached hydrogens (tertiary/aromatic N) is 8. The van der Waals surface area contributed by atoms with Gasteiger partial charge >= 0.3 is 6.18 Å². The summed E-state index contributed by atoms with van der Waals surface area (Å²) in [7, 11) is 1.95. The number of halogens is 5. The third-order valence-electron chi connectivity index (χ3n) is 15.2. The van der Waals surface area contributed by atoms with Crippen molar-refractivity contribution in [1.29, 1.82) is 0 Å². The van der Waals surface area contributed by atoms with Gasteiger partial charge in [-0.3, -0.25) is 28.9 Å². The number of carbonyl (C=O) groups excluding carboxylic acids is 5.